The highest BCUT2D eigenvalue weighted by molar-refractivity contribution is 7.99. The minimum absolute atomic E-state index is 0.226. The van der Waals surface area contributed by atoms with Gasteiger partial charge in [-0.05, 0) is 66.8 Å². The molecule has 1 aliphatic rings. The van der Waals surface area contributed by atoms with Crippen molar-refractivity contribution in [2.45, 2.75) is 44.8 Å². The van der Waals surface area contributed by atoms with E-state index in [4.69, 9.17) is 4.42 Å². The molecule has 5 rings (SSSR count). The fraction of sp³-hybridized carbons (Fsp3) is 0.375. The molecule has 1 amide bonds. The van der Waals surface area contributed by atoms with E-state index in [1.807, 2.05) is 42.6 Å². The zero-order valence-corrected chi connectivity index (χ0v) is 26.1. The number of anilines is 1. The number of benzene rings is 2. The van der Waals surface area contributed by atoms with E-state index in [1.54, 1.807) is 31.1 Å². The Balaban J connectivity index is 0.00000124. The first-order chi connectivity index (χ1) is 19.9. The van der Waals surface area contributed by atoms with E-state index in [0.29, 0.717) is 28.4 Å². The van der Waals surface area contributed by atoms with Gasteiger partial charge in [-0.2, -0.15) is 0 Å². The molecule has 1 saturated heterocycles. The standard InChI is InChI=1S/C29H31FN4O2S2.C3H8/c1-31-29(35)27-24-15-23(20-7-6-14-34(17-20)38-18-22-8-4-5-13-32-22)25(33(2)37-3)16-26(24)36-28(27)19-9-11-21(30)12-10-19;1-3-2/h4-5,8-13,15-16,20H,6-7,14,17-18H2,1-3H3,(H,31,35);3H2,1-2H3/t20-;/m1./s1. The van der Waals surface area contributed by atoms with Crippen LogP contribution >= 0.6 is 23.9 Å². The molecule has 2 aromatic carbocycles. The second-order valence-electron chi connectivity index (χ2n) is 10.0. The van der Waals surface area contributed by atoms with Gasteiger partial charge in [0.15, 0.2) is 0 Å². The number of carbonyl (C=O) groups excluding carboxylic acids is 1. The van der Waals surface area contributed by atoms with Gasteiger partial charge in [-0.25, -0.2) is 8.70 Å². The Kier molecular flexibility index (Phi) is 11.1. The van der Waals surface area contributed by atoms with E-state index in [9.17, 15) is 9.18 Å². The Labute approximate surface area is 251 Å². The smallest absolute Gasteiger partial charge is 0.255 e. The van der Waals surface area contributed by atoms with Gasteiger partial charge < -0.3 is 14.0 Å². The third-order valence-corrected chi connectivity index (χ3v) is 8.82. The number of amides is 1. The fourth-order valence-corrected chi connectivity index (χ4v) is 6.34. The number of aromatic nitrogens is 1. The molecule has 9 heteroatoms. The van der Waals surface area contributed by atoms with Gasteiger partial charge in [0.1, 0.15) is 17.2 Å². The van der Waals surface area contributed by atoms with Crippen molar-refractivity contribution in [1.82, 2.24) is 14.6 Å². The second kappa shape index (κ2) is 14.8. The van der Waals surface area contributed by atoms with Crippen LogP contribution in [0.5, 0.6) is 0 Å². The van der Waals surface area contributed by atoms with Gasteiger partial charge >= 0.3 is 0 Å². The molecule has 2 aromatic heterocycles. The number of nitrogens with one attached hydrogen (secondary N) is 1. The first kappa shape index (κ1) is 30.9. The van der Waals surface area contributed by atoms with Gasteiger partial charge in [0.25, 0.3) is 5.91 Å². The molecular weight excluding hydrogens is 556 g/mol. The van der Waals surface area contributed by atoms with Crippen LogP contribution in [0.25, 0.3) is 22.3 Å². The van der Waals surface area contributed by atoms with E-state index < -0.39 is 0 Å². The Bertz CT molecular complexity index is 1430. The van der Waals surface area contributed by atoms with E-state index in [2.05, 4.69) is 51.9 Å². The topological polar surface area (TPSA) is 61.6 Å². The van der Waals surface area contributed by atoms with E-state index in [-0.39, 0.29) is 11.7 Å². The SMILES string of the molecule is CCC.CNC(=O)c1c(-c2ccc(F)cc2)oc2cc(N(C)SC)c([C@@H]3CCCN(SCc4ccccn4)C3)cc12. The summed E-state index contributed by atoms with van der Waals surface area (Å²) in [6, 6.07) is 16.3. The zero-order valence-electron chi connectivity index (χ0n) is 24.4. The highest BCUT2D eigenvalue weighted by Crippen LogP contribution is 2.43. The maximum atomic E-state index is 13.6. The molecule has 0 saturated carbocycles. The summed E-state index contributed by atoms with van der Waals surface area (Å²) >= 11 is 3.46. The van der Waals surface area contributed by atoms with Gasteiger partial charge in [0.05, 0.1) is 22.7 Å². The number of pyridine rings is 1. The lowest BCUT2D eigenvalue weighted by Gasteiger charge is -2.34. The lowest BCUT2D eigenvalue weighted by atomic mass is 9.89. The average molecular weight is 595 g/mol. The summed E-state index contributed by atoms with van der Waals surface area (Å²) in [7, 11) is 3.67. The quantitative estimate of drug-likeness (QED) is 0.207. The molecule has 0 bridgehead atoms. The van der Waals surface area contributed by atoms with Crippen molar-refractivity contribution in [2.75, 3.05) is 37.7 Å². The van der Waals surface area contributed by atoms with Crippen LogP contribution < -0.4 is 9.62 Å². The van der Waals surface area contributed by atoms with Gasteiger partial charge in [0, 0.05) is 56.7 Å². The van der Waals surface area contributed by atoms with E-state index in [0.717, 1.165) is 48.5 Å². The molecule has 1 aliphatic heterocycles. The van der Waals surface area contributed by atoms with Crippen molar-refractivity contribution in [1.29, 1.82) is 0 Å². The molecule has 1 atom stereocenters. The number of furan rings is 1. The first-order valence-corrected chi connectivity index (χ1v) is 16.2. The molecule has 0 unspecified atom stereocenters. The van der Waals surface area contributed by atoms with Crippen LogP contribution in [-0.2, 0) is 5.75 Å². The highest BCUT2D eigenvalue weighted by Gasteiger charge is 2.29. The Morgan fingerprint density at radius 2 is 1.95 bits per heavy atom. The number of carbonyl (C=O) groups is 1. The number of piperidine rings is 1. The molecule has 218 valence electrons. The summed E-state index contributed by atoms with van der Waals surface area (Å²) in [5, 5.41) is 3.54. The Hall–Kier alpha value is -3.01. The number of hydrogen-bond acceptors (Lipinski definition) is 7. The summed E-state index contributed by atoms with van der Waals surface area (Å²) in [4.78, 5) is 17.6. The number of halogens is 1. The maximum absolute atomic E-state index is 13.6. The van der Waals surface area contributed by atoms with Gasteiger partial charge in [0.2, 0.25) is 0 Å². The average Bonchev–Trinajstić information content (AvgIpc) is 3.38. The number of rotatable bonds is 8. The summed E-state index contributed by atoms with van der Waals surface area (Å²) in [5.41, 5.74) is 5.14. The van der Waals surface area contributed by atoms with Crippen molar-refractivity contribution < 1.29 is 13.6 Å². The number of nitrogens with zero attached hydrogens (tertiary/aromatic N) is 3. The van der Waals surface area contributed by atoms with Crippen LogP contribution in [0.2, 0.25) is 0 Å². The third-order valence-electron chi connectivity index (χ3n) is 6.96. The molecule has 4 aromatic rings. The van der Waals surface area contributed by atoms with Crippen molar-refractivity contribution >= 4 is 46.5 Å². The van der Waals surface area contributed by atoms with Crippen LogP contribution in [0.4, 0.5) is 10.1 Å². The van der Waals surface area contributed by atoms with E-state index in [1.165, 1.54) is 24.1 Å². The third kappa shape index (κ3) is 7.45. The fourth-order valence-electron chi connectivity index (χ4n) is 4.96. The molecule has 3 heterocycles. The summed E-state index contributed by atoms with van der Waals surface area (Å²) in [5.74, 6) is 1.03. The van der Waals surface area contributed by atoms with Crippen LogP contribution in [0.3, 0.4) is 0 Å². The van der Waals surface area contributed by atoms with Gasteiger partial charge in [-0.3, -0.25) is 9.78 Å². The van der Waals surface area contributed by atoms with Crippen LogP contribution in [0.15, 0.2) is 65.2 Å². The number of fused-ring (bicyclic) bond motifs is 1. The van der Waals surface area contributed by atoms with Crippen molar-refractivity contribution in [2.24, 2.45) is 0 Å². The van der Waals surface area contributed by atoms with Crippen molar-refractivity contribution in [3.63, 3.8) is 0 Å². The predicted octanol–water partition coefficient (Wildman–Crippen LogP) is 8.15. The predicted molar refractivity (Wildman–Crippen MR) is 172 cm³/mol. The van der Waals surface area contributed by atoms with E-state index >= 15 is 0 Å². The van der Waals surface area contributed by atoms with Crippen molar-refractivity contribution in [3.8, 4) is 11.3 Å². The number of hydrogen-bond donors (Lipinski definition) is 1. The van der Waals surface area contributed by atoms with Gasteiger partial charge in [-0.15, -0.1) is 0 Å². The molecule has 1 N–H and O–H groups in total. The minimum atomic E-state index is -0.333. The van der Waals surface area contributed by atoms with Crippen LogP contribution in [0.1, 0.15) is 60.6 Å². The van der Waals surface area contributed by atoms with Gasteiger partial charge in [-0.1, -0.05) is 50.2 Å². The Morgan fingerprint density at radius 3 is 2.61 bits per heavy atom. The van der Waals surface area contributed by atoms with Crippen molar-refractivity contribution in [3.05, 3.63) is 83.4 Å². The molecule has 6 nitrogen and oxygen atoms in total. The lowest BCUT2D eigenvalue weighted by molar-refractivity contribution is 0.0964. The maximum Gasteiger partial charge on any atom is 0.255 e. The molecule has 0 spiro atoms. The molecule has 1 fully saturated rings. The minimum Gasteiger partial charge on any atom is -0.455 e. The largest absolute Gasteiger partial charge is 0.455 e. The van der Waals surface area contributed by atoms with Crippen LogP contribution in [0, 0.1) is 5.82 Å². The summed E-state index contributed by atoms with van der Waals surface area (Å²) in [6.45, 7) is 6.20. The monoisotopic (exact) mass is 594 g/mol. The molecule has 0 aliphatic carbocycles. The highest BCUT2D eigenvalue weighted by atomic mass is 32.2. The normalized spacial score (nSPS) is 15.3. The summed E-state index contributed by atoms with van der Waals surface area (Å²) < 4.78 is 24.5. The molecule has 41 heavy (non-hydrogen) atoms. The molecule has 0 radical (unpaired) electrons. The first-order valence-electron chi connectivity index (χ1n) is 14.0. The lowest BCUT2D eigenvalue weighted by Crippen LogP contribution is -2.30. The van der Waals surface area contributed by atoms with Crippen LogP contribution in [-0.4, -0.2) is 48.6 Å². The zero-order chi connectivity index (χ0) is 29.4. The summed E-state index contributed by atoms with van der Waals surface area (Å²) in [6.07, 6.45) is 7.30. The second-order valence-corrected chi connectivity index (χ2v) is 12.0. The molecular formula is C32H39FN4O2S2. The Morgan fingerprint density at radius 1 is 1.20 bits per heavy atom.